The van der Waals surface area contributed by atoms with Crippen molar-refractivity contribution in [3.05, 3.63) is 61.2 Å². The van der Waals surface area contributed by atoms with Gasteiger partial charge in [-0.25, -0.2) is 14.8 Å². The highest BCUT2D eigenvalue weighted by atomic mass is 19.4. The number of benzene rings is 1. The molecule has 4 rings (SSSR count). The number of halogens is 3. The predicted octanol–water partition coefficient (Wildman–Crippen LogP) is 3.63. The first-order valence-corrected chi connectivity index (χ1v) is 9.98. The molecule has 35 heavy (non-hydrogen) atoms. The first kappa shape index (κ1) is 23.5. The standard InChI is InChI=1S/C22H17F3N6O4/c1-34-20-11-26-9-17(29-20)14-5-6-30-18(10-27-19(30)8-14)15-3-2-4-16(7-15)31(35-13-32)21(33)28-12-22(23,24)25/h2-11,13H,12H2,1H3,(H,28,33). The van der Waals surface area contributed by atoms with Gasteiger partial charge in [0.2, 0.25) is 5.88 Å². The van der Waals surface area contributed by atoms with Crippen molar-refractivity contribution in [2.45, 2.75) is 6.18 Å². The molecule has 1 aromatic carbocycles. The predicted molar refractivity (Wildman–Crippen MR) is 117 cm³/mol. The average molecular weight is 486 g/mol. The fourth-order valence-electron chi connectivity index (χ4n) is 3.25. The van der Waals surface area contributed by atoms with Crippen LogP contribution in [0.25, 0.3) is 28.2 Å². The average Bonchev–Trinajstić information content (AvgIpc) is 3.29. The summed E-state index contributed by atoms with van der Waals surface area (Å²) in [5.74, 6) is 0.365. The van der Waals surface area contributed by atoms with E-state index in [4.69, 9.17) is 4.74 Å². The number of urea groups is 1. The van der Waals surface area contributed by atoms with Crippen molar-refractivity contribution in [2.75, 3.05) is 18.7 Å². The molecule has 0 aliphatic carbocycles. The maximum Gasteiger partial charge on any atom is 0.405 e. The van der Waals surface area contributed by atoms with Crippen LogP contribution >= 0.6 is 0 Å². The molecule has 0 atom stereocenters. The lowest BCUT2D eigenvalue weighted by Crippen LogP contribution is -2.43. The van der Waals surface area contributed by atoms with Crippen LogP contribution in [-0.4, -0.2) is 51.7 Å². The number of pyridine rings is 1. The number of ether oxygens (including phenoxy) is 1. The molecule has 4 aromatic rings. The number of hydroxylamine groups is 1. The van der Waals surface area contributed by atoms with Crippen molar-refractivity contribution in [3.63, 3.8) is 0 Å². The Balaban J connectivity index is 1.65. The summed E-state index contributed by atoms with van der Waals surface area (Å²) >= 11 is 0. The SMILES string of the molecule is COc1cncc(-c2ccn3c(-c4cccc(N(OC=O)C(=O)NCC(F)(F)F)c4)cnc3c2)n1. The monoisotopic (exact) mass is 486 g/mol. The van der Waals surface area contributed by atoms with Gasteiger partial charge in [0.05, 0.1) is 42.8 Å². The molecular weight excluding hydrogens is 469 g/mol. The number of amides is 2. The molecule has 13 heteroatoms. The number of carbonyl (C=O) groups is 2. The van der Waals surface area contributed by atoms with E-state index < -0.39 is 18.8 Å². The number of methoxy groups -OCH3 is 1. The summed E-state index contributed by atoms with van der Waals surface area (Å²) in [5, 5.41) is 2.10. The largest absolute Gasteiger partial charge is 0.480 e. The number of nitrogens with one attached hydrogen (secondary N) is 1. The summed E-state index contributed by atoms with van der Waals surface area (Å²) in [6.07, 6.45) is 1.80. The Morgan fingerprint density at radius 3 is 2.74 bits per heavy atom. The van der Waals surface area contributed by atoms with E-state index in [1.807, 2.05) is 0 Å². The Labute approximate surface area is 195 Å². The lowest BCUT2D eigenvalue weighted by atomic mass is 10.1. The van der Waals surface area contributed by atoms with E-state index in [2.05, 4.69) is 19.8 Å². The van der Waals surface area contributed by atoms with Crippen LogP contribution in [0.1, 0.15) is 0 Å². The van der Waals surface area contributed by atoms with Gasteiger partial charge in [-0.05, 0) is 24.3 Å². The fraction of sp³-hybridized carbons (Fsp3) is 0.136. The van der Waals surface area contributed by atoms with Gasteiger partial charge in [-0.2, -0.15) is 13.2 Å². The molecule has 0 aliphatic heterocycles. The Hall–Kier alpha value is -4.68. The highest BCUT2D eigenvalue weighted by Gasteiger charge is 2.30. The smallest absolute Gasteiger partial charge is 0.405 e. The van der Waals surface area contributed by atoms with Crippen molar-refractivity contribution in [2.24, 2.45) is 0 Å². The van der Waals surface area contributed by atoms with Gasteiger partial charge in [-0.3, -0.25) is 14.2 Å². The highest BCUT2D eigenvalue weighted by molar-refractivity contribution is 5.91. The molecule has 3 heterocycles. The van der Waals surface area contributed by atoms with Gasteiger partial charge in [-0.15, -0.1) is 5.06 Å². The van der Waals surface area contributed by atoms with Gasteiger partial charge >= 0.3 is 18.7 Å². The molecule has 0 fully saturated rings. The van der Waals surface area contributed by atoms with Crippen LogP contribution in [0.3, 0.4) is 0 Å². The van der Waals surface area contributed by atoms with Gasteiger partial charge in [0.1, 0.15) is 12.2 Å². The first-order valence-electron chi connectivity index (χ1n) is 9.98. The van der Waals surface area contributed by atoms with E-state index in [0.29, 0.717) is 33.5 Å². The number of hydrogen-bond acceptors (Lipinski definition) is 7. The Kier molecular flexibility index (Phi) is 6.48. The number of hydrogen-bond donors (Lipinski definition) is 1. The number of nitrogens with zero attached hydrogens (tertiary/aromatic N) is 5. The molecular formula is C22H17F3N6O4. The summed E-state index contributed by atoms with van der Waals surface area (Å²) < 4.78 is 44.3. The maximum absolute atomic E-state index is 12.5. The quantitative estimate of drug-likeness (QED) is 0.314. The number of imidazole rings is 1. The van der Waals surface area contributed by atoms with Gasteiger partial charge in [0.25, 0.3) is 0 Å². The molecule has 1 N–H and O–H groups in total. The zero-order valence-corrected chi connectivity index (χ0v) is 18.1. The van der Waals surface area contributed by atoms with Crippen molar-refractivity contribution >= 4 is 23.8 Å². The van der Waals surface area contributed by atoms with Crippen molar-refractivity contribution in [3.8, 4) is 28.4 Å². The normalized spacial score (nSPS) is 11.2. The van der Waals surface area contributed by atoms with Crippen molar-refractivity contribution in [1.29, 1.82) is 0 Å². The van der Waals surface area contributed by atoms with Gasteiger partial charge in [0.15, 0.2) is 0 Å². The second kappa shape index (κ2) is 9.67. The molecule has 0 aliphatic rings. The maximum atomic E-state index is 12.5. The Morgan fingerprint density at radius 1 is 1.17 bits per heavy atom. The topological polar surface area (TPSA) is 111 Å². The van der Waals surface area contributed by atoms with Gasteiger partial charge in [-0.1, -0.05) is 12.1 Å². The first-order chi connectivity index (χ1) is 16.8. The van der Waals surface area contributed by atoms with E-state index >= 15 is 0 Å². The summed E-state index contributed by atoms with van der Waals surface area (Å²) in [6, 6.07) is 8.49. The van der Waals surface area contributed by atoms with E-state index in [1.165, 1.54) is 25.4 Å². The molecule has 0 saturated carbocycles. The van der Waals surface area contributed by atoms with E-state index in [0.717, 1.165) is 5.56 Å². The number of fused-ring (bicyclic) bond motifs is 1. The molecule has 0 unspecified atom stereocenters. The summed E-state index contributed by atoms with van der Waals surface area (Å²) in [4.78, 5) is 40.6. The number of aromatic nitrogens is 4. The van der Waals surface area contributed by atoms with E-state index in [9.17, 15) is 22.8 Å². The molecule has 2 amide bonds. The van der Waals surface area contributed by atoms with Crippen molar-refractivity contribution < 1.29 is 32.3 Å². The van der Waals surface area contributed by atoms with Crippen molar-refractivity contribution in [1.82, 2.24) is 24.7 Å². The van der Waals surface area contributed by atoms with Crippen LogP contribution in [0.5, 0.6) is 5.88 Å². The number of carbonyl (C=O) groups excluding carboxylic acids is 2. The summed E-state index contributed by atoms with van der Waals surface area (Å²) in [7, 11) is 1.49. The molecule has 3 aromatic heterocycles. The molecule has 0 spiro atoms. The number of anilines is 1. The van der Waals surface area contributed by atoms with E-state index in [-0.39, 0.29) is 12.2 Å². The van der Waals surface area contributed by atoms with Crippen LogP contribution in [0.2, 0.25) is 0 Å². The molecule has 0 radical (unpaired) electrons. The van der Waals surface area contributed by atoms with Crippen LogP contribution in [0, 0.1) is 0 Å². The lowest BCUT2D eigenvalue weighted by Gasteiger charge is -2.20. The Morgan fingerprint density at radius 2 is 2.00 bits per heavy atom. The van der Waals surface area contributed by atoms with E-state index in [1.54, 1.807) is 52.6 Å². The zero-order valence-electron chi connectivity index (χ0n) is 18.1. The molecule has 10 nitrogen and oxygen atoms in total. The minimum atomic E-state index is -4.63. The zero-order chi connectivity index (χ0) is 25.0. The molecule has 0 bridgehead atoms. The Bertz CT molecular complexity index is 1370. The fourth-order valence-corrected chi connectivity index (χ4v) is 3.25. The van der Waals surface area contributed by atoms with Crippen LogP contribution < -0.4 is 15.1 Å². The van der Waals surface area contributed by atoms with Gasteiger partial charge in [0, 0.05) is 17.3 Å². The molecule has 0 saturated heterocycles. The third-order valence-electron chi connectivity index (χ3n) is 4.78. The molecule has 180 valence electrons. The highest BCUT2D eigenvalue weighted by Crippen LogP contribution is 2.28. The second-order valence-corrected chi connectivity index (χ2v) is 7.05. The minimum absolute atomic E-state index is 0.0347. The van der Waals surface area contributed by atoms with Crippen LogP contribution in [0.15, 0.2) is 61.2 Å². The van der Waals surface area contributed by atoms with Crippen LogP contribution in [-0.2, 0) is 9.63 Å². The second-order valence-electron chi connectivity index (χ2n) is 7.05. The summed E-state index contributed by atoms with van der Waals surface area (Å²) in [6.45, 7) is -1.64. The third-order valence-corrected chi connectivity index (χ3v) is 4.78. The van der Waals surface area contributed by atoms with Crippen LogP contribution in [0.4, 0.5) is 23.7 Å². The number of alkyl halides is 3. The lowest BCUT2D eigenvalue weighted by molar-refractivity contribution is -0.129. The minimum Gasteiger partial charge on any atom is -0.480 e. The third kappa shape index (κ3) is 5.29. The van der Waals surface area contributed by atoms with Gasteiger partial charge < -0.3 is 14.9 Å². The number of rotatable bonds is 7. The summed E-state index contributed by atoms with van der Waals surface area (Å²) in [5.41, 5.74) is 3.13.